The highest BCUT2D eigenvalue weighted by Gasteiger charge is 2.37. The molecule has 2 fully saturated rings. The molecule has 0 aromatic heterocycles. The zero-order valence-electron chi connectivity index (χ0n) is 10.4. The van der Waals surface area contributed by atoms with Crippen LogP contribution < -0.4 is 5.32 Å². The van der Waals surface area contributed by atoms with Crippen molar-refractivity contribution in [1.29, 1.82) is 0 Å². The van der Waals surface area contributed by atoms with Gasteiger partial charge in [-0.05, 0) is 32.6 Å². The lowest BCUT2D eigenvalue weighted by Gasteiger charge is -2.35. The summed E-state index contributed by atoms with van der Waals surface area (Å²) >= 11 is 0. The van der Waals surface area contributed by atoms with Crippen molar-refractivity contribution in [3.8, 4) is 0 Å². The number of rotatable bonds is 4. The first-order valence-electron chi connectivity index (χ1n) is 6.28. The van der Waals surface area contributed by atoms with Gasteiger partial charge >= 0.3 is 5.97 Å². The van der Waals surface area contributed by atoms with Gasteiger partial charge in [0.1, 0.15) is 6.04 Å². The molecule has 0 bridgehead atoms. The summed E-state index contributed by atoms with van der Waals surface area (Å²) in [5, 5.41) is 3.34. The summed E-state index contributed by atoms with van der Waals surface area (Å²) in [5.41, 5.74) is 0. The average molecular weight is 240 g/mol. The first kappa shape index (κ1) is 12.4. The van der Waals surface area contributed by atoms with Gasteiger partial charge in [0.15, 0.2) is 0 Å². The first-order valence-corrected chi connectivity index (χ1v) is 6.28. The highest BCUT2D eigenvalue weighted by atomic mass is 16.5. The summed E-state index contributed by atoms with van der Waals surface area (Å²) in [4.78, 5) is 25.3. The quantitative estimate of drug-likeness (QED) is 0.718. The van der Waals surface area contributed by atoms with Gasteiger partial charge in [-0.2, -0.15) is 0 Å². The Morgan fingerprint density at radius 3 is 2.76 bits per heavy atom. The van der Waals surface area contributed by atoms with Gasteiger partial charge in [0.2, 0.25) is 5.91 Å². The molecule has 2 unspecified atom stereocenters. The number of esters is 1. The third-order valence-corrected chi connectivity index (χ3v) is 3.50. The molecule has 2 atom stereocenters. The predicted octanol–water partition coefficient (Wildman–Crippen LogP) is 0.291. The van der Waals surface area contributed by atoms with Crippen LogP contribution in [0.25, 0.3) is 0 Å². The molecule has 1 heterocycles. The Morgan fingerprint density at radius 1 is 1.47 bits per heavy atom. The first-order chi connectivity index (χ1) is 8.13. The molecule has 5 nitrogen and oxygen atoms in total. The van der Waals surface area contributed by atoms with Crippen molar-refractivity contribution in [2.24, 2.45) is 0 Å². The van der Waals surface area contributed by atoms with Crippen molar-refractivity contribution in [1.82, 2.24) is 10.2 Å². The number of carbonyl (C=O) groups excluding carboxylic acids is 2. The van der Waals surface area contributed by atoms with Gasteiger partial charge in [0, 0.05) is 12.6 Å². The van der Waals surface area contributed by atoms with Gasteiger partial charge in [0.05, 0.1) is 13.2 Å². The summed E-state index contributed by atoms with van der Waals surface area (Å²) in [6.07, 6.45) is 4.14. The number of nitrogens with zero attached hydrogens (tertiary/aromatic N) is 1. The number of hydrogen-bond donors (Lipinski definition) is 1. The number of carbonyl (C=O) groups is 2. The fraction of sp³-hybridized carbons (Fsp3) is 0.833. The van der Waals surface area contributed by atoms with E-state index in [1.807, 2.05) is 0 Å². The van der Waals surface area contributed by atoms with E-state index >= 15 is 0 Å². The third-order valence-electron chi connectivity index (χ3n) is 3.50. The smallest absolute Gasteiger partial charge is 0.328 e. The summed E-state index contributed by atoms with van der Waals surface area (Å²) in [6, 6.07) is -0.0722. The lowest BCUT2D eigenvalue weighted by atomic mass is 10.0. The monoisotopic (exact) mass is 240 g/mol. The maximum absolute atomic E-state index is 12.2. The van der Waals surface area contributed by atoms with Crippen LogP contribution in [0.15, 0.2) is 0 Å². The largest absolute Gasteiger partial charge is 0.467 e. The lowest BCUT2D eigenvalue weighted by Crippen LogP contribution is -2.55. The number of nitrogens with one attached hydrogen (secondary N) is 1. The molecule has 0 aromatic rings. The van der Waals surface area contributed by atoms with Crippen LogP contribution in [0, 0.1) is 0 Å². The molecule has 5 heteroatoms. The van der Waals surface area contributed by atoms with E-state index in [1.165, 1.54) is 7.11 Å². The van der Waals surface area contributed by atoms with E-state index in [2.05, 4.69) is 10.1 Å². The van der Waals surface area contributed by atoms with E-state index in [1.54, 1.807) is 11.8 Å². The number of hydrogen-bond acceptors (Lipinski definition) is 4. The van der Waals surface area contributed by atoms with Gasteiger partial charge in [0.25, 0.3) is 0 Å². The highest BCUT2D eigenvalue weighted by molar-refractivity contribution is 5.88. The van der Waals surface area contributed by atoms with Crippen molar-refractivity contribution >= 4 is 11.9 Å². The summed E-state index contributed by atoms with van der Waals surface area (Å²) in [7, 11) is 1.35. The van der Waals surface area contributed by atoms with Gasteiger partial charge < -0.3 is 15.0 Å². The molecule has 2 aliphatic rings. The minimum atomic E-state index is -0.476. The normalized spacial score (nSPS) is 26.8. The van der Waals surface area contributed by atoms with Crippen molar-refractivity contribution < 1.29 is 14.3 Å². The molecule has 1 amide bonds. The summed E-state index contributed by atoms with van der Waals surface area (Å²) in [6.45, 7) is 2.38. The molecule has 0 spiro atoms. The van der Waals surface area contributed by atoms with Gasteiger partial charge in [-0.1, -0.05) is 0 Å². The molecule has 1 aliphatic heterocycles. The van der Waals surface area contributed by atoms with E-state index < -0.39 is 6.04 Å². The standard InChI is InChI=1S/C12H20N2O3/c1-8(12(16)17-2)14-7-3-4-10(11(14)15)13-9-5-6-9/h8-10,13H,3-7H2,1-2H3. The molecule has 1 saturated carbocycles. The Balaban J connectivity index is 1.96. The average Bonchev–Trinajstić information content (AvgIpc) is 3.14. The van der Waals surface area contributed by atoms with Crippen LogP contribution in [0.1, 0.15) is 32.6 Å². The Morgan fingerprint density at radius 2 is 2.18 bits per heavy atom. The van der Waals surface area contributed by atoms with Crippen molar-refractivity contribution in [2.75, 3.05) is 13.7 Å². The Hall–Kier alpha value is -1.10. The van der Waals surface area contributed by atoms with Crippen LogP contribution in [0.4, 0.5) is 0 Å². The second kappa shape index (κ2) is 5.04. The Bertz CT molecular complexity index is 315. The number of ether oxygens (including phenoxy) is 1. The van der Waals surface area contributed by atoms with E-state index in [4.69, 9.17) is 0 Å². The van der Waals surface area contributed by atoms with Crippen molar-refractivity contribution in [2.45, 2.75) is 50.7 Å². The molecule has 0 radical (unpaired) electrons. The SMILES string of the molecule is COC(=O)C(C)N1CCCC(NC2CC2)C1=O. The van der Waals surface area contributed by atoms with Crippen LogP contribution in [0.2, 0.25) is 0 Å². The number of piperidine rings is 1. The minimum absolute atomic E-state index is 0.0426. The van der Waals surface area contributed by atoms with E-state index in [-0.39, 0.29) is 17.9 Å². The summed E-state index contributed by atoms with van der Waals surface area (Å²) < 4.78 is 4.69. The predicted molar refractivity (Wildman–Crippen MR) is 62.4 cm³/mol. The Kier molecular flexibility index (Phi) is 3.66. The second-order valence-electron chi connectivity index (χ2n) is 4.87. The molecular formula is C12H20N2O3. The van der Waals surface area contributed by atoms with Gasteiger partial charge in [-0.25, -0.2) is 4.79 Å². The maximum atomic E-state index is 12.2. The van der Waals surface area contributed by atoms with Crippen molar-refractivity contribution in [3.05, 3.63) is 0 Å². The van der Waals surface area contributed by atoms with Crippen LogP contribution in [0.5, 0.6) is 0 Å². The second-order valence-corrected chi connectivity index (χ2v) is 4.87. The topological polar surface area (TPSA) is 58.6 Å². The zero-order chi connectivity index (χ0) is 12.4. The van der Waals surface area contributed by atoms with Crippen LogP contribution >= 0.6 is 0 Å². The molecule has 1 saturated heterocycles. The maximum Gasteiger partial charge on any atom is 0.328 e. The van der Waals surface area contributed by atoms with Gasteiger partial charge in [-0.3, -0.25) is 4.79 Å². The fourth-order valence-electron chi connectivity index (χ4n) is 2.27. The molecule has 0 aromatic carbocycles. The molecular weight excluding hydrogens is 220 g/mol. The van der Waals surface area contributed by atoms with Crippen LogP contribution in [-0.4, -0.2) is 48.6 Å². The molecule has 1 N–H and O–H groups in total. The Labute approximate surface area is 101 Å². The number of amides is 1. The molecule has 2 rings (SSSR count). The highest BCUT2D eigenvalue weighted by Crippen LogP contribution is 2.23. The zero-order valence-corrected chi connectivity index (χ0v) is 10.4. The van der Waals surface area contributed by atoms with Crippen LogP contribution in [0.3, 0.4) is 0 Å². The van der Waals surface area contributed by atoms with Gasteiger partial charge in [-0.15, -0.1) is 0 Å². The van der Waals surface area contributed by atoms with E-state index in [0.29, 0.717) is 12.6 Å². The molecule has 96 valence electrons. The van der Waals surface area contributed by atoms with E-state index in [0.717, 1.165) is 25.7 Å². The number of likely N-dealkylation sites (tertiary alicyclic amines) is 1. The fourth-order valence-corrected chi connectivity index (χ4v) is 2.27. The molecule has 17 heavy (non-hydrogen) atoms. The van der Waals surface area contributed by atoms with E-state index in [9.17, 15) is 9.59 Å². The minimum Gasteiger partial charge on any atom is -0.467 e. The lowest BCUT2D eigenvalue weighted by molar-refractivity contribution is -0.154. The van der Waals surface area contributed by atoms with Crippen LogP contribution in [-0.2, 0) is 14.3 Å². The van der Waals surface area contributed by atoms with Crippen molar-refractivity contribution in [3.63, 3.8) is 0 Å². The third kappa shape index (κ3) is 2.77. The summed E-state index contributed by atoms with van der Waals surface area (Å²) in [5.74, 6) is -0.300. The number of methoxy groups -OCH3 is 1. The molecule has 1 aliphatic carbocycles.